The summed E-state index contributed by atoms with van der Waals surface area (Å²) in [7, 11) is 0. The lowest BCUT2D eigenvalue weighted by molar-refractivity contribution is -0.144. The van der Waals surface area contributed by atoms with E-state index in [-0.39, 0.29) is 18.1 Å². The van der Waals surface area contributed by atoms with Gasteiger partial charge in [0.25, 0.3) is 0 Å². The number of esters is 1. The number of hydrogen-bond acceptors (Lipinski definition) is 7. The number of aliphatic carboxylic acids is 1. The molecule has 0 spiro atoms. The molecule has 0 aromatic carbocycles. The maximum Gasteiger partial charge on any atom is 0.315 e. The predicted molar refractivity (Wildman–Crippen MR) is 59.4 cm³/mol. The standard InChI is InChI=1S/C5H10O4S.C2H4O2S/c6-1-4(7)2-9-5(8)3-10;3-2(4)1-5/h4,6-7,10H,1-3H2;5H,1H2,(H,3,4). The fourth-order valence-corrected chi connectivity index (χ4v) is 0.379. The molecule has 0 amide bonds. The van der Waals surface area contributed by atoms with E-state index in [0.717, 1.165) is 0 Å². The maximum absolute atomic E-state index is 10.3. The van der Waals surface area contributed by atoms with Crippen LogP contribution in [0, 0.1) is 0 Å². The van der Waals surface area contributed by atoms with Crippen LogP contribution in [-0.4, -0.2) is 58.1 Å². The smallest absolute Gasteiger partial charge is 0.315 e. The van der Waals surface area contributed by atoms with Crippen molar-refractivity contribution in [2.45, 2.75) is 6.10 Å². The van der Waals surface area contributed by atoms with Crippen LogP contribution < -0.4 is 0 Å². The monoisotopic (exact) mass is 258 g/mol. The lowest BCUT2D eigenvalue weighted by Crippen LogP contribution is -2.22. The van der Waals surface area contributed by atoms with E-state index in [9.17, 15) is 9.59 Å². The normalized spacial score (nSPS) is 10.9. The molecule has 0 saturated carbocycles. The van der Waals surface area contributed by atoms with E-state index in [1.165, 1.54) is 0 Å². The van der Waals surface area contributed by atoms with Gasteiger partial charge in [-0.2, -0.15) is 25.3 Å². The maximum atomic E-state index is 10.3. The largest absolute Gasteiger partial charge is 0.481 e. The topological polar surface area (TPSA) is 104 Å². The zero-order chi connectivity index (χ0) is 12.3. The lowest BCUT2D eigenvalue weighted by atomic mass is 10.4. The third-order valence-electron chi connectivity index (χ3n) is 0.912. The number of carboxylic acids is 1. The molecule has 0 saturated heterocycles. The number of rotatable bonds is 5. The summed E-state index contributed by atoms with van der Waals surface area (Å²) in [5.41, 5.74) is 0. The molecule has 0 aliphatic carbocycles. The second kappa shape index (κ2) is 11.6. The summed E-state index contributed by atoms with van der Waals surface area (Å²) < 4.78 is 4.42. The lowest BCUT2D eigenvalue weighted by Gasteiger charge is -2.06. The van der Waals surface area contributed by atoms with Gasteiger partial charge in [0.15, 0.2) is 0 Å². The van der Waals surface area contributed by atoms with Crippen LogP contribution in [0.4, 0.5) is 0 Å². The van der Waals surface area contributed by atoms with Gasteiger partial charge in [0, 0.05) is 0 Å². The van der Waals surface area contributed by atoms with Gasteiger partial charge in [-0.25, -0.2) is 0 Å². The van der Waals surface area contributed by atoms with Crippen LogP contribution in [0.15, 0.2) is 0 Å². The van der Waals surface area contributed by atoms with Crippen molar-refractivity contribution < 1.29 is 29.6 Å². The first-order chi connectivity index (χ1) is 6.97. The van der Waals surface area contributed by atoms with Crippen LogP contribution in [0.3, 0.4) is 0 Å². The van der Waals surface area contributed by atoms with E-state index in [1.807, 2.05) is 0 Å². The Balaban J connectivity index is 0. The number of aliphatic hydroxyl groups is 2. The predicted octanol–water partition coefficient (Wildman–Crippen LogP) is -1.19. The van der Waals surface area contributed by atoms with Gasteiger partial charge in [-0.05, 0) is 0 Å². The van der Waals surface area contributed by atoms with Gasteiger partial charge in [0.05, 0.1) is 18.1 Å². The van der Waals surface area contributed by atoms with Gasteiger partial charge in [-0.3, -0.25) is 9.59 Å². The molecule has 0 aromatic rings. The van der Waals surface area contributed by atoms with Crippen LogP contribution in [0.2, 0.25) is 0 Å². The Hall–Kier alpha value is -0.440. The number of carbonyl (C=O) groups is 2. The Kier molecular flexibility index (Phi) is 13.2. The average molecular weight is 258 g/mol. The van der Waals surface area contributed by atoms with Crippen molar-refractivity contribution in [3.05, 3.63) is 0 Å². The molecule has 0 aliphatic heterocycles. The summed E-state index contributed by atoms with van der Waals surface area (Å²) in [6, 6.07) is 0. The van der Waals surface area contributed by atoms with E-state index in [1.54, 1.807) is 0 Å². The van der Waals surface area contributed by atoms with Crippen LogP contribution in [0.25, 0.3) is 0 Å². The molecule has 1 atom stereocenters. The van der Waals surface area contributed by atoms with Crippen LogP contribution in [-0.2, 0) is 14.3 Å². The molecule has 0 fully saturated rings. The van der Waals surface area contributed by atoms with Crippen molar-refractivity contribution >= 4 is 37.2 Å². The van der Waals surface area contributed by atoms with Gasteiger partial charge in [0.1, 0.15) is 12.7 Å². The molecular formula is C7H14O6S2. The highest BCUT2D eigenvalue weighted by atomic mass is 32.1. The van der Waals surface area contributed by atoms with Crippen LogP contribution >= 0.6 is 25.3 Å². The van der Waals surface area contributed by atoms with Crippen molar-refractivity contribution in [3.63, 3.8) is 0 Å². The van der Waals surface area contributed by atoms with E-state index >= 15 is 0 Å². The molecule has 0 aliphatic rings. The summed E-state index contributed by atoms with van der Waals surface area (Å²) in [5.74, 6) is -1.48. The minimum atomic E-state index is -0.983. The van der Waals surface area contributed by atoms with E-state index in [4.69, 9.17) is 15.3 Å². The Morgan fingerprint density at radius 2 is 1.73 bits per heavy atom. The second-order valence-electron chi connectivity index (χ2n) is 2.23. The second-order valence-corrected chi connectivity index (χ2v) is 2.86. The molecule has 6 nitrogen and oxygen atoms in total. The number of hydrogen-bond donors (Lipinski definition) is 5. The number of carboxylic acid groups (broad SMARTS) is 1. The molecule has 0 heterocycles. The van der Waals surface area contributed by atoms with Crippen LogP contribution in [0.1, 0.15) is 0 Å². The first-order valence-corrected chi connectivity index (χ1v) is 5.12. The van der Waals surface area contributed by atoms with Gasteiger partial charge < -0.3 is 20.1 Å². The average Bonchev–Trinajstić information content (AvgIpc) is 2.25. The molecule has 1 unspecified atom stereocenters. The quantitative estimate of drug-likeness (QED) is 0.314. The van der Waals surface area contributed by atoms with Gasteiger partial charge >= 0.3 is 11.9 Å². The third kappa shape index (κ3) is 16.2. The highest BCUT2D eigenvalue weighted by Crippen LogP contribution is 1.86. The Labute approximate surface area is 98.1 Å². The zero-order valence-electron chi connectivity index (χ0n) is 7.87. The molecule has 8 heteroatoms. The molecular weight excluding hydrogens is 244 g/mol. The molecule has 0 radical (unpaired) electrons. The molecule has 0 aromatic heterocycles. The van der Waals surface area contributed by atoms with Crippen molar-refractivity contribution in [1.82, 2.24) is 0 Å². The van der Waals surface area contributed by atoms with E-state index in [0.29, 0.717) is 0 Å². The number of ether oxygens (including phenoxy) is 1. The third-order valence-corrected chi connectivity index (χ3v) is 1.44. The number of thiol groups is 2. The Morgan fingerprint density at radius 1 is 1.27 bits per heavy atom. The molecule has 0 bridgehead atoms. The minimum Gasteiger partial charge on any atom is -0.481 e. The minimum absolute atomic E-state index is 0.0157. The van der Waals surface area contributed by atoms with Gasteiger partial charge in [-0.1, -0.05) is 0 Å². The zero-order valence-corrected chi connectivity index (χ0v) is 9.66. The summed E-state index contributed by atoms with van der Waals surface area (Å²) in [5, 5.41) is 24.6. The van der Waals surface area contributed by atoms with E-state index in [2.05, 4.69) is 30.0 Å². The number of aliphatic hydroxyl groups excluding tert-OH is 2. The molecule has 0 rings (SSSR count). The first-order valence-electron chi connectivity index (χ1n) is 3.86. The summed E-state index contributed by atoms with van der Waals surface area (Å²) in [6.45, 7) is -0.574. The first kappa shape index (κ1) is 17.0. The van der Waals surface area contributed by atoms with Crippen molar-refractivity contribution in [2.75, 3.05) is 24.7 Å². The van der Waals surface area contributed by atoms with Crippen LogP contribution in [0.5, 0.6) is 0 Å². The van der Waals surface area contributed by atoms with E-state index < -0.39 is 24.6 Å². The highest BCUT2D eigenvalue weighted by molar-refractivity contribution is 7.81. The summed E-state index contributed by atoms with van der Waals surface area (Å²) >= 11 is 7.04. The van der Waals surface area contributed by atoms with Gasteiger partial charge in [-0.15, -0.1) is 0 Å². The summed E-state index contributed by atoms with van der Waals surface area (Å²) in [6.07, 6.45) is -0.983. The Morgan fingerprint density at radius 3 is 2.00 bits per heavy atom. The molecule has 15 heavy (non-hydrogen) atoms. The Bertz CT molecular complexity index is 186. The summed E-state index contributed by atoms with van der Waals surface area (Å²) in [4.78, 5) is 19.6. The van der Waals surface area contributed by atoms with Gasteiger partial charge in [0.2, 0.25) is 0 Å². The highest BCUT2D eigenvalue weighted by Gasteiger charge is 2.04. The molecule has 90 valence electrons. The van der Waals surface area contributed by atoms with Crippen molar-refractivity contribution in [1.29, 1.82) is 0 Å². The fourth-order valence-electron chi connectivity index (χ4n) is 0.287. The van der Waals surface area contributed by atoms with Crippen molar-refractivity contribution in [3.8, 4) is 0 Å². The fraction of sp³-hybridized carbons (Fsp3) is 0.714. The molecule has 3 N–H and O–H groups in total. The number of carbonyl (C=O) groups excluding carboxylic acids is 1. The van der Waals surface area contributed by atoms with Crippen molar-refractivity contribution in [2.24, 2.45) is 0 Å². The SMILES string of the molecule is O=C(CS)OCC(O)CO.O=C(O)CS.